The molecule has 0 aromatic carbocycles. The summed E-state index contributed by atoms with van der Waals surface area (Å²) in [5.41, 5.74) is -2.95. The van der Waals surface area contributed by atoms with Crippen molar-refractivity contribution in [2.75, 3.05) is 35.5 Å². The van der Waals surface area contributed by atoms with E-state index in [0.29, 0.717) is 0 Å². The van der Waals surface area contributed by atoms with Crippen molar-refractivity contribution >= 4 is 35.5 Å². The van der Waals surface area contributed by atoms with Crippen LogP contribution in [0.1, 0.15) is 0 Å². The minimum absolute atomic E-state index is 0.858. The summed E-state index contributed by atoms with van der Waals surface area (Å²) in [5.74, 6) is -5.81. The molecule has 0 heterocycles. The lowest BCUT2D eigenvalue weighted by Crippen LogP contribution is -2.70. The number of methoxy groups -OCH3 is 5. The Morgan fingerprint density at radius 1 is 0.667 bits per heavy atom. The Morgan fingerprint density at radius 3 is 1.14 bits per heavy atom. The molecule has 0 aliphatic rings. The van der Waals surface area contributed by atoms with E-state index in [1.807, 2.05) is 0 Å². The molecule has 120 valence electrons. The number of ether oxygens (including phenoxy) is 5. The van der Waals surface area contributed by atoms with Gasteiger partial charge in [0.15, 0.2) is 0 Å². The van der Waals surface area contributed by atoms with E-state index in [4.69, 9.17) is 16.3 Å². The third kappa shape index (κ3) is 2.66. The summed E-state index contributed by atoms with van der Waals surface area (Å²) in [7, 11) is 4.42. The van der Waals surface area contributed by atoms with Gasteiger partial charge < -0.3 is 23.7 Å². The van der Waals surface area contributed by atoms with Crippen LogP contribution in [0.5, 0.6) is 0 Å². The number of carbonyl (C=O) groups excluding carboxylic acids is 4. The summed E-state index contributed by atoms with van der Waals surface area (Å²) in [5, 5.41) is 0. The average Bonchev–Trinajstić information content (AvgIpc) is 2.52. The van der Waals surface area contributed by atoms with Gasteiger partial charge in [0.1, 0.15) is 0 Å². The molecule has 0 rings (SSSR count). The molecule has 0 saturated heterocycles. The maximum atomic E-state index is 12.0. The Hall–Kier alpha value is -1.87. The van der Waals surface area contributed by atoms with Crippen molar-refractivity contribution in [3.63, 3.8) is 0 Å². The molecular weight excluding hydrogens is 312 g/mol. The quantitative estimate of drug-likeness (QED) is 0.263. The Kier molecular flexibility index (Phi) is 6.58. The Bertz CT molecular complexity index is 413. The van der Waals surface area contributed by atoms with Crippen LogP contribution in [0.25, 0.3) is 0 Å². The van der Waals surface area contributed by atoms with Crippen molar-refractivity contribution in [1.82, 2.24) is 0 Å². The second-order valence-corrected chi connectivity index (χ2v) is 4.08. The van der Waals surface area contributed by atoms with E-state index in [2.05, 4.69) is 18.9 Å². The molecular formula is C11H15ClO9. The van der Waals surface area contributed by atoms with E-state index in [1.165, 1.54) is 0 Å². The van der Waals surface area contributed by atoms with E-state index in [1.54, 1.807) is 0 Å². The third-order valence-corrected chi connectivity index (χ3v) is 3.25. The van der Waals surface area contributed by atoms with Crippen molar-refractivity contribution in [2.24, 2.45) is 0 Å². The van der Waals surface area contributed by atoms with E-state index in [-0.39, 0.29) is 0 Å². The monoisotopic (exact) mass is 326 g/mol. The second kappa shape index (κ2) is 7.23. The molecule has 10 heteroatoms. The summed E-state index contributed by atoms with van der Waals surface area (Å²) in [6.45, 7) is 0. The SMILES string of the molecule is COC(=O)C(Cl)(C(=O)OC)C(OC)(C(=O)OC)C(=O)OC. The molecule has 0 saturated carbocycles. The lowest BCUT2D eigenvalue weighted by Gasteiger charge is -2.36. The smallest absolute Gasteiger partial charge is 0.353 e. The highest BCUT2D eigenvalue weighted by atomic mass is 35.5. The van der Waals surface area contributed by atoms with Gasteiger partial charge in [-0.25, -0.2) is 19.2 Å². The van der Waals surface area contributed by atoms with Crippen LogP contribution in [0.15, 0.2) is 0 Å². The number of carbonyl (C=O) groups is 4. The molecule has 0 spiro atoms. The molecule has 0 unspecified atom stereocenters. The van der Waals surface area contributed by atoms with Crippen molar-refractivity contribution in [2.45, 2.75) is 10.5 Å². The van der Waals surface area contributed by atoms with Crippen LogP contribution in [0, 0.1) is 0 Å². The molecule has 0 atom stereocenters. The Balaban J connectivity index is 6.55. The van der Waals surface area contributed by atoms with E-state index < -0.39 is 34.4 Å². The van der Waals surface area contributed by atoms with E-state index in [9.17, 15) is 19.2 Å². The first-order valence-corrected chi connectivity index (χ1v) is 5.70. The van der Waals surface area contributed by atoms with Gasteiger partial charge in [0.25, 0.3) is 4.87 Å². The molecule has 0 amide bonds. The first-order valence-electron chi connectivity index (χ1n) is 5.32. The molecule has 0 aromatic rings. The third-order valence-electron chi connectivity index (χ3n) is 2.67. The largest absolute Gasteiger partial charge is 0.467 e. The molecule has 0 aromatic heterocycles. The molecule has 0 bridgehead atoms. The molecule has 0 fully saturated rings. The molecule has 0 aliphatic carbocycles. The number of alkyl halides is 1. The Labute approximate surface area is 125 Å². The van der Waals surface area contributed by atoms with Gasteiger partial charge in [-0.2, -0.15) is 0 Å². The number of hydrogen-bond donors (Lipinski definition) is 0. The van der Waals surface area contributed by atoms with E-state index >= 15 is 0 Å². The highest BCUT2D eigenvalue weighted by molar-refractivity contribution is 6.49. The summed E-state index contributed by atoms with van der Waals surface area (Å²) < 4.78 is 22.3. The summed E-state index contributed by atoms with van der Waals surface area (Å²) in [6, 6.07) is 0. The number of halogens is 1. The number of hydrogen-bond acceptors (Lipinski definition) is 9. The zero-order chi connectivity index (χ0) is 16.8. The maximum Gasteiger partial charge on any atom is 0.353 e. The van der Waals surface area contributed by atoms with Crippen molar-refractivity contribution in [3.8, 4) is 0 Å². The van der Waals surface area contributed by atoms with Crippen LogP contribution in [0.3, 0.4) is 0 Å². The first-order chi connectivity index (χ1) is 9.74. The Morgan fingerprint density at radius 2 is 0.952 bits per heavy atom. The highest BCUT2D eigenvalue weighted by Crippen LogP contribution is 2.37. The first kappa shape index (κ1) is 19.1. The molecule has 0 radical (unpaired) electrons. The minimum atomic E-state index is -2.99. The van der Waals surface area contributed by atoms with Gasteiger partial charge in [0.05, 0.1) is 28.4 Å². The van der Waals surface area contributed by atoms with Gasteiger partial charge in [-0.1, -0.05) is 11.6 Å². The molecule has 0 N–H and O–H groups in total. The van der Waals surface area contributed by atoms with Crippen LogP contribution in [0.4, 0.5) is 0 Å². The average molecular weight is 327 g/mol. The maximum absolute atomic E-state index is 12.0. The van der Waals surface area contributed by atoms with Crippen LogP contribution in [-0.4, -0.2) is 69.9 Å². The van der Waals surface area contributed by atoms with Crippen LogP contribution in [-0.2, 0) is 42.9 Å². The normalized spacial score (nSPS) is 11.3. The second-order valence-electron chi connectivity index (χ2n) is 3.51. The van der Waals surface area contributed by atoms with Gasteiger partial charge in [0.2, 0.25) is 0 Å². The van der Waals surface area contributed by atoms with Crippen molar-refractivity contribution in [1.29, 1.82) is 0 Å². The summed E-state index contributed by atoms with van der Waals surface area (Å²) in [6.07, 6.45) is 0. The van der Waals surface area contributed by atoms with Crippen LogP contribution in [0.2, 0.25) is 0 Å². The predicted octanol–water partition coefficient (Wildman–Crippen LogP) is -0.959. The highest BCUT2D eigenvalue weighted by Gasteiger charge is 2.74. The predicted molar refractivity (Wildman–Crippen MR) is 66.4 cm³/mol. The van der Waals surface area contributed by atoms with Gasteiger partial charge in [-0.15, -0.1) is 0 Å². The minimum Gasteiger partial charge on any atom is -0.467 e. The van der Waals surface area contributed by atoms with Gasteiger partial charge in [-0.3, -0.25) is 0 Å². The zero-order valence-electron chi connectivity index (χ0n) is 12.1. The molecule has 9 nitrogen and oxygen atoms in total. The van der Waals surface area contributed by atoms with Gasteiger partial charge in [-0.05, 0) is 0 Å². The zero-order valence-corrected chi connectivity index (χ0v) is 12.8. The van der Waals surface area contributed by atoms with Gasteiger partial charge in [0, 0.05) is 7.11 Å². The number of rotatable bonds is 6. The molecule has 0 aliphatic heterocycles. The summed E-state index contributed by atoms with van der Waals surface area (Å²) in [4.78, 5) is 44.9. The fraction of sp³-hybridized carbons (Fsp3) is 0.636. The molecule has 21 heavy (non-hydrogen) atoms. The van der Waals surface area contributed by atoms with Crippen LogP contribution >= 0.6 is 11.6 Å². The fourth-order valence-electron chi connectivity index (χ4n) is 1.61. The lowest BCUT2D eigenvalue weighted by atomic mass is 9.85. The standard InChI is InChI=1S/C11H15ClO9/c1-17-6(13)10(12,7(14)18-2)11(21-5,8(15)19-3)9(16)20-4/h1-5H3. The fourth-order valence-corrected chi connectivity index (χ4v) is 2.00. The van der Waals surface area contributed by atoms with Gasteiger partial charge >= 0.3 is 29.5 Å². The van der Waals surface area contributed by atoms with Crippen molar-refractivity contribution < 1.29 is 42.9 Å². The van der Waals surface area contributed by atoms with E-state index in [0.717, 1.165) is 35.5 Å². The lowest BCUT2D eigenvalue weighted by molar-refractivity contribution is -0.199. The summed E-state index contributed by atoms with van der Waals surface area (Å²) >= 11 is 5.93. The van der Waals surface area contributed by atoms with Crippen LogP contribution < -0.4 is 0 Å². The van der Waals surface area contributed by atoms with Crippen molar-refractivity contribution in [3.05, 3.63) is 0 Å². The topological polar surface area (TPSA) is 114 Å². The number of esters is 4.